The lowest BCUT2D eigenvalue weighted by molar-refractivity contribution is -0.384. The van der Waals surface area contributed by atoms with Gasteiger partial charge in [0.15, 0.2) is 0 Å². The third-order valence-corrected chi connectivity index (χ3v) is 3.45. The summed E-state index contributed by atoms with van der Waals surface area (Å²) in [5, 5.41) is 13.9. The first-order valence-corrected chi connectivity index (χ1v) is 6.67. The van der Waals surface area contributed by atoms with Crippen LogP contribution in [0, 0.1) is 24.0 Å². The summed E-state index contributed by atoms with van der Waals surface area (Å²) in [7, 11) is 1.67. The monoisotopic (exact) mass is 286 g/mol. The molecule has 110 valence electrons. The SMILES string of the molecule is CNc1c(COc2ccc(C)c(C)c2)cccc1[N+](=O)[O-]. The van der Waals surface area contributed by atoms with Crippen molar-refractivity contribution in [3.05, 3.63) is 63.2 Å². The van der Waals surface area contributed by atoms with Gasteiger partial charge in [-0.15, -0.1) is 0 Å². The number of anilines is 1. The van der Waals surface area contributed by atoms with Crippen LogP contribution in [0.15, 0.2) is 36.4 Å². The lowest BCUT2D eigenvalue weighted by atomic mass is 10.1. The highest BCUT2D eigenvalue weighted by atomic mass is 16.6. The first-order chi connectivity index (χ1) is 10.0. The zero-order chi connectivity index (χ0) is 15.4. The molecule has 0 aliphatic rings. The van der Waals surface area contributed by atoms with Gasteiger partial charge in [0.1, 0.15) is 18.0 Å². The number of nitro benzene ring substituents is 1. The van der Waals surface area contributed by atoms with Crippen molar-refractivity contribution in [1.29, 1.82) is 0 Å². The summed E-state index contributed by atoms with van der Waals surface area (Å²) in [5.74, 6) is 0.756. The quantitative estimate of drug-likeness (QED) is 0.670. The maximum atomic E-state index is 11.0. The van der Waals surface area contributed by atoms with Crippen molar-refractivity contribution >= 4 is 11.4 Å². The van der Waals surface area contributed by atoms with Crippen LogP contribution in [-0.2, 0) is 6.61 Å². The molecule has 0 spiro atoms. The fourth-order valence-electron chi connectivity index (χ4n) is 2.11. The second-order valence-electron chi connectivity index (χ2n) is 4.85. The molecule has 21 heavy (non-hydrogen) atoms. The van der Waals surface area contributed by atoms with Gasteiger partial charge in [-0.1, -0.05) is 18.2 Å². The minimum absolute atomic E-state index is 0.0543. The van der Waals surface area contributed by atoms with Crippen LogP contribution in [0.25, 0.3) is 0 Å². The molecule has 0 aromatic heterocycles. The third-order valence-electron chi connectivity index (χ3n) is 3.45. The molecule has 5 nitrogen and oxygen atoms in total. The molecular formula is C16H18N2O3. The van der Waals surface area contributed by atoms with E-state index >= 15 is 0 Å². The summed E-state index contributed by atoms with van der Waals surface area (Å²) >= 11 is 0. The first-order valence-electron chi connectivity index (χ1n) is 6.67. The summed E-state index contributed by atoms with van der Waals surface area (Å²) in [4.78, 5) is 10.6. The lowest BCUT2D eigenvalue weighted by Gasteiger charge is -2.12. The predicted molar refractivity (Wildman–Crippen MR) is 82.9 cm³/mol. The zero-order valence-corrected chi connectivity index (χ0v) is 12.3. The number of rotatable bonds is 5. The number of hydrogen-bond acceptors (Lipinski definition) is 4. The number of nitro groups is 1. The van der Waals surface area contributed by atoms with Crippen LogP contribution in [0.4, 0.5) is 11.4 Å². The van der Waals surface area contributed by atoms with E-state index in [1.165, 1.54) is 11.6 Å². The molecule has 2 rings (SSSR count). The molecule has 1 N–H and O–H groups in total. The van der Waals surface area contributed by atoms with Gasteiger partial charge in [0.25, 0.3) is 5.69 Å². The Hall–Kier alpha value is -2.56. The molecule has 0 saturated heterocycles. The van der Waals surface area contributed by atoms with Crippen LogP contribution in [0.2, 0.25) is 0 Å². The van der Waals surface area contributed by atoms with E-state index in [4.69, 9.17) is 4.74 Å². The molecular weight excluding hydrogens is 268 g/mol. The van der Waals surface area contributed by atoms with Gasteiger partial charge >= 0.3 is 0 Å². The van der Waals surface area contributed by atoms with Gasteiger partial charge in [-0.05, 0) is 37.1 Å². The lowest BCUT2D eigenvalue weighted by Crippen LogP contribution is -2.04. The Balaban J connectivity index is 2.21. The molecule has 0 aliphatic carbocycles. The summed E-state index contributed by atoms with van der Waals surface area (Å²) in [5.41, 5.74) is 3.66. The summed E-state index contributed by atoms with van der Waals surface area (Å²) < 4.78 is 5.74. The van der Waals surface area contributed by atoms with Crippen molar-refractivity contribution in [1.82, 2.24) is 0 Å². The van der Waals surface area contributed by atoms with Gasteiger partial charge in [0.05, 0.1) is 4.92 Å². The molecule has 0 atom stereocenters. The van der Waals surface area contributed by atoms with Crippen LogP contribution in [0.1, 0.15) is 16.7 Å². The Morgan fingerprint density at radius 1 is 1.19 bits per heavy atom. The number of hydrogen-bond donors (Lipinski definition) is 1. The molecule has 0 amide bonds. The van der Waals surface area contributed by atoms with E-state index in [-0.39, 0.29) is 12.3 Å². The van der Waals surface area contributed by atoms with Crippen LogP contribution in [0.3, 0.4) is 0 Å². The highest BCUT2D eigenvalue weighted by Crippen LogP contribution is 2.29. The second kappa shape index (κ2) is 6.26. The van der Waals surface area contributed by atoms with Gasteiger partial charge < -0.3 is 10.1 Å². The normalized spacial score (nSPS) is 10.2. The number of nitrogens with one attached hydrogen (secondary N) is 1. The maximum Gasteiger partial charge on any atom is 0.292 e. The van der Waals surface area contributed by atoms with E-state index in [9.17, 15) is 10.1 Å². The topological polar surface area (TPSA) is 64.4 Å². The van der Waals surface area contributed by atoms with Crippen LogP contribution >= 0.6 is 0 Å². The van der Waals surface area contributed by atoms with E-state index in [0.29, 0.717) is 5.69 Å². The van der Waals surface area contributed by atoms with Crippen molar-refractivity contribution < 1.29 is 9.66 Å². The Bertz CT molecular complexity index is 669. The van der Waals surface area contributed by atoms with Crippen molar-refractivity contribution in [2.45, 2.75) is 20.5 Å². The van der Waals surface area contributed by atoms with Crippen molar-refractivity contribution in [3.8, 4) is 5.75 Å². The molecule has 5 heteroatoms. The third kappa shape index (κ3) is 3.31. The molecule has 0 saturated carbocycles. The van der Waals surface area contributed by atoms with Crippen LogP contribution in [0.5, 0.6) is 5.75 Å². The van der Waals surface area contributed by atoms with Gasteiger partial charge in [0.2, 0.25) is 0 Å². The minimum atomic E-state index is -0.397. The second-order valence-corrected chi connectivity index (χ2v) is 4.85. The number of benzene rings is 2. The summed E-state index contributed by atoms with van der Waals surface area (Å²) in [6.07, 6.45) is 0. The van der Waals surface area contributed by atoms with Gasteiger partial charge in [-0.25, -0.2) is 0 Å². The number of ether oxygens (including phenoxy) is 1. The van der Waals surface area contributed by atoms with Crippen molar-refractivity contribution in [2.75, 3.05) is 12.4 Å². The fourth-order valence-corrected chi connectivity index (χ4v) is 2.11. The van der Waals surface area contributed by atoms with E-state index in [1.807, 2.05) is 38.1 Å². The van der Waals surface area contributed by atoms with Gasteiger partial charge in [0, 0.05) is 18.7 Å². The van der Waals surface area contributed by atoms with E-state index in [0.717, 1.165) is 16.9 Å². The Morgan fingerprint density at radius 2 is 1.95 bits per heavy atom. The fraction of sp³-hybridized carbons (Fsp3) is 0.250. The molecule has 0 heterocycles. The number of nitrogens with zero attached hydrogens (tertiary/aromatic N) is 1. The van der Waals surface area contributed by atoms with E-state index in [2.05, 4.69) is 5.32 Å². The van der Waals surface area contributed by atoms with Crippen LogP contribution < -0.4 is 10.1 Å². The highest BCUT2D eigenvalue weighted by Gasteiger charge is 2.16. The van der Waals surface area contributed by atoms with E-state index in [1.54, 1.807) is 13.1 Å². The van der Waals surface area contributed by atoms with Crippen molar-refractivity contribution in [2.24, 2.45) is 0 Å². The van der Waals surface area contributed by atoms with E-state index < -0.39 is 4.92 Å². The molecule has 2 aromatic carbocycles. The molecule has 0 aliphatic heterocycles. The number of para-hydroxylation sites is 1. The Kier molecular flexibility index (Phi) is 4.42. The standard InChI is InChI=1S/C16H18N2O3/c1-11-7-8-14(9-12(11)2)21-10-13-5-4-6-15(18(19)20)16(13)17-3/h4-9,17H,10H2,1-3H3. The zero-order valence-electron chi connectivity index (χ0n) is 12.3. The molecule has 0 bridgehead atoms. The summed E-state index contributed by atoms with van der Waals surface area (Å²) in [6.45, 7) is 4.34. The highest BCUT2D eigenvalue weighted by molar-refractivity contribution is 5.66. The van der Waals surface area contributed by atoms with Crippen LogP contribution in [-0.4, -0.2) is 12.0 Å². The molecule has 2 aromatic rings. The number of aryl methyl sites for hydroxylation is 2. The maximum absolute atomic E-state index is 11.0. The first kappa shape index (κ1) is 14.8. The largest absolute Gasteiger partial charge is 0.489 e. The predicted octanol–water partition coefficient (Wildman–Crippen LogP) is 3.83. The molecule has 0 fully saturated rings. The van der Waals surface area contributed by atoms with Gasteiger partial charge in [-0.3, -0.25) is 10.1 Å². The summed E-state index contributed by atoms with van der Waals surface area (Å²) in [6, 6.07) is 10.8. The Labute approximate surface area is 123 Å². The van der Waals surface area contributed by atoms with Gasteiger partial charge in [-0.2, -0.15) is 0 Å². The smallest absolute Gasteiger partial charge is 0.292 e. The molecule has 0 radical (unpaired) electrons. The average molecular weight is 286 g/mol. The van der Waals surface area contributed by atoms with Crippen molar-refractivity contribution in [3.63, 3.8) is 0 Å². The molecule has 0 unspecified atom stereocenters. The Morgan fingerprint density at radius 3 is 2.57 bits per heavy atom. The average Bonchev–Trinajstić information content (AvgIpc) is 2.47. The minimum Gasteiger partial charge on any atom is -0.489 e.